The summed E-state index contributed by atoms with van der Waals surface area (Å²) in [5.41, 5.74) is 1.21. The maximum Gasteiger partial charge on any atom is 0.277 e. The fraction of sp³-hybridized carbons (Fsp3) is 0.188. The minimum atomic E-state index is -0.551. The molecule has 3 aromatic rings. The van der Waals surface area contributed by atoms with Gasteiger partial charge < -0.3 is 5.32 Å². The predicted molar refractivity (Wildman–Crippen MR) is 87.3 cm³/mol. The van der Waals surface area contributed by atoms with Gasteiger partial charge in [-0.25, -0.2) is 14.5 Å². The summed E-state index contributed by atoms with van der Waals surface area (Å²) in [5, 5.41) is 15.4. The number of carbonyl (C=O) groups is 1. The number of aromatic amines is 2. The number of rotatable bonds is 4. The smallest absolute Gasteiger partial charge is 0.277 e. The molecule has 0 spiro atoms. The Balaban J connectivity index is 1.72. The first-order valence-electron chi connectivity index (χ1n) is 7.47. The Morgan fingerprint density at radius 3 is 2.60 bits per heavy atom. The summed E-state index contributed by atoms with van der Waals surface area (Å²) in [5.74, 6) is -0.0745. The Hall–Kier alpha value is -3.36. The van der Waals surface area contributed by atoms with Crippen LogP contribution in [0.1, 0.15) is 27.4 Å². The predicted octanol–water partition coefficient (Wildman–Crippen LogP) is 1.24. The fourth-order valence-electron chi connectivity index (χ4n) is 2.25. The molecule has 3 rings (SSSR count). The largest absolute Gasteiger partial charge is 0.345 e. The average molecular weight is 342 g/mol. The molecule has 0 fully saturated rings. The minimum absolute atomic E-state index is 0.0192. The molecule has 2 heterocycles. The molecule has 0 aliphatic carbocycles. The molecule has 0 atom stereocenters. The van der Waals surface area contributed by atoms with Crippen LogP contribution in [-0.2, 0) is 6.54 Å². The molecule has 9 heteroatoms. The monoisotopic (exact) mass is 342 g/mol. The molecule has 0 bridgehead atoms. The zero-order valence-electron chi connectivity index (χ0n) is 13.6. The zero-order chi connectivity index (χ0) is 18.0. The summed E-state index contributed by atoms with van der Waals surface area (Å²) in [6.07, 6.45) is 0. The SMILES string of the molecule is Cc1n[nH]c(=O)c(C(=O)NCc2nc(-c3ccc(F)cc3)n[nH]2)c1C. The van der Waals surface area contributed by atoms with Crippen molar-refractivity contribution >= 4 is 5.91 Å². The number of H-pyrrole nitrogens is 2. The Bertz CT molecular complexity index is 977. The number of hydrogen-bond acceptors (Lipinski definition) is 5. The molecule has 128 valence electrons. The first-order chi connectivity index (χ1) is 12.0. The van der Waals surface area contributed by atoms with Crippen molar-refractivity contribution in [3.05, 3.63) is 63.1 Å². The Morgan fingerprint density at radius 2 is 1.88 bits per heavy atom. The van der Waals surface area contributed by atoms with Crippen molar-refractivity contribution in [2.45, 2.75) is 20.4 Å². The van der Waals surface area contributed by atoms with E-state index in [0.29, 0.717) is 28.5 Å². The molecular formula is C16H15FN6O2. The van der Waals surface area contributed by atoms with Gasteiger partial charge in [0.2, 0.25) is 0 Å². The van der Waals surface area contributed by atoms with Gasteiger partial charge in [0.1, 0.15) is 17.2 Å². The molecule has 3 N–H and O–H groups in total. The van der Waals surface area contributed by atoms with Crippen molar-refractivity contribution in [1.29, 1.82) is 0 Å². The molecule has 0 saturated heterocycles. The van der Waals surface area contributed by atoms with Gasteiger partial charge in [-0.05, 0) is 43.7 Å². The number of aromatic nitrogens is 5. The quantitative estimate of drug-likeness (QED) is 0.659. The number of amides is 1. The van der Waals surface area contributed by atoms with Crippen molar-refractivity contribution in [1.82, 2.24) is 30.7 Å². The van der Waals surface area contributed by atoms with Crippen LogP contribution in [-0.4, -0.2) is 31.3 Å². The van der Waals surface area contributed by atoms with E-state index in [2.05, 4.69) is 30.7 Å². The number of carbonyl (C=O) groups excluding carboxylic acids is 1. The summed E-state index contributed by atoms with van der Waals surface area (Å²) in [7, 11) is 0. The van der Waals surface area contributed by atoms with Crippen LogP contribution in [0.4, 0.5) is 4.39 Å². The Kier molecular flexibility index (Phi) is 4.38. The van der Waals surface area contributed by atoms with Gasteiger partial charge in [-0.3, -0.25) is 14.7 Å². The molecule has 1 aromatic carbocycles. The van der Waals surface area contributed by atoms with E-state index in [1.54, 1.807) is 26.0 Å². The van der Waals surface area contributed by atoms with Gasteiger partial charge in [-0.15, -0.1) is 0 Å². The molecule has 0 aliphatic heterocycles. The minimum Gasteiger partial charge on any atom is -0.345 e. The van der Waals surface area contributed by atoms with Gasteiger partial charge in [0.05, 0.1) is 12.2 Å². The first kappa shape index (κ1) is 16.5. The van der Waals surface area contributed by atoms with E-state index in [0.717, 1.165) is 0 Å². The van der Waals surface area contributed by atoms with E-state index in [4.69, 9.17) is 0 Å². The topological polar surface area (TPSA) is 116 Å². The van der Waals surface area contributed by atoms with Crippen molar-refractivity contribution in [2.24, 2.45) is 0 Å². The highest BCUT2D eigenvalue weighted by molar-refractivity contribution is 5.95. The summed E-state index contributed by atoms with van der Waals surface area (Å²) in [6.45, 7) is 3.42. The van der Waals surface area contributed by atoms with Crippen LogP contribution in [0.2, 0.25) is 0 Å². The van der Waals surface area contributed by atoms with Gasteiger partial charge in [-0.1, -0.05) is 0 Å². The highest BCUT2D eigenvalue weighted by atomic mass is 19.1. The van der Waals surface area contributed by atoms with E-state index in [-0.39, 0.29) is 17.9 Å². The van der Waals surface area contributed by atoms with Crippen molar-refractivity contribution in [3.63, 3.8) is 0 Å². The van der Waals surface area contributed by atoms with E-state index < -0.39 is 11.5 Å². The Labute approximate surface area is 141 Å². The number of benzene rings is 1. The number of halogens is 1. The molecule has 0 unspecified atom stereocenters. The average Bonchev–Trinajstić information content (AvgIpc) is 3.06. The molecule has 2 aromatic heterocycles. The van der Waals surface area contributed by atoms with Gasteiger partial charge >= 0.3 is 0 Å². The van der Waals surface area contributed by atoms with Crippen LogP contribution in [0.5, 0.6) is 0 Å². The summed E-state index contributed by atoms with van der Waals surface area (Å²) >= 11 is 0. The molecule has 25 heavy (non-hydrogen) atoms. The summed E-state index contributed by atoms with van der Waals surface area (Å²) in [6, 6.07) is 5.75. The molecule has 1 amide bonds. The van der Waals surface area contributed by atoms with Crippen LogP contribution in [0.3, 0.4) is 0 Å². The molecular weight excluding hydrogens is 327 g/mol. The summed E-state index contributed by atoms with van der Waals surface area (Å²) in [4.78, 5) is 28.3. The second-order valence-corrected chi connectivity index (χ2v) is 5.43. The fourth-order valence-corrected chi connectivity index (χ4v) is 2.25. The van der Waals surface area contributed by atoms with Gasteiger partial charge in [0, 0.05) is 5.56 Å². The van der Waals surface area contributed by atoms with Crippen molar-refractivity contribution < 1.29 is 9.18 Å². The van der Waals surface area contributed by atoms with Gasteiger partial charge in [0.15, 0.2) is 5.82 Å². The lowest BCUT2D eigenvalue weighted by molar-refractivity contribution is 0.0947. The number of hydrogen-bond donors (Lipinski definition) is 3. The third-order valence-electron chi connectivity index (χ3n) is 3.75. The van der Waals surface area contributed by atoms with Crippen LogP contribution in [0.15, 0.2) is 29.1 Å². The number of aryl methyl sites for hydroxylation is 1. The maximum atomic E-state index is 12.9. The van der Waals surface area contributed by atoms with E-state index >= 15 is 0 Å². The second-order valence-electron chi connectivity index (χ2n) is 5.43. The van der Waals surface area contributed by atoms with Crippen LogP contribution < -0.4 is 10.9 Å². The van der Waals surface area contributed by atoms with Crippen LogP contribution in [0, 0.1) is 19.7 Å². The third kappa shape index (κ3) is 3.44. The molecule has 0 radical (unpaired) electrons. The van der Waals surface area contributed by atoms with Gasteiger partial charge in [0.25, 0.3) is 11.5 Å². The normalized spacial score (nSPS) is 10.7. The maximum absolute atomic E-state index is 12.9. The van der Waals surface area contributed by atoms with E-state index in [9.17, 15) is 14.0 Å². The Morgan fingerprint density at radius 1 is 1.16 bits per heavy atom. The molecule has 8 nitrogen and oxygen atoms in total. The van der Waals surface area contributed by atoms with Crippen molar-refractivity contribution in [2.75, 3.05) is 0 Å². The lowest BCUT2D eigenvalue weighted by atomic mass is 10.1. The first-order valence-corrected chi connectivity index (χ1v) is 7.47. The lowest BCUT2D eigenvalue weighted by Gasteiger charge is -2.06. The second kappa shape index (κ2) is 6.63. The molecule has 0 aliphatic rings. The highest BCUT2D eigenvalue weighted by Crippen LogP contribution is 2.14. The van der Waals surface area contributed by atoms with Crippen LogP contribution >= 0.6 is 0 Å². The molecule has 0 saturated carbocycles. The van der Waals surface area contributed by atoms with Gasteiger partial charge in [-0.2, -0.15) is 10.2 Å². The standard InChI is InChI=1S/C16H15FN6O2/c1-8-9(2)20-23-16(25)13(8)15(24)18-7-12-19-14(22-21-12)10-3-5-11(17)6-4-10/h3-6H,7H2,1-2H3,(H,18,24)(H,23,25)(H,19,21,22). The van der Waals surface area contributed by atoms with E-state index in [1.165, 1.54) is 12.1 Å². The number of nitrogens with zero attached hydrogens (tertiary/aromatic N) is 3. The highest BCUT2D eigenvalue weighted by Gasteiger charge is 2.16. The zero-order valence-corrected chi connectivity index (χ0v) is 13.6. The third-order valence-corrected chi connectivity index (χ3v) is 3.75. The van der Waals surface area contributed by atoms with Crippen molar-refractivity contribution in [3.8, 4) is 11.4 Å². The number of nitrogens with one attached hydrogen (secondary N) is 3. The van der Waals surface area contributed by atoms with E-state index in [1.807, 2.05) is 0 Å². The lowest BCUT2D eigenvalue weighted by Crippen LogP contribution is -2.31. The van der Waals surface area contributed by atoms with Crippen LogP contribution in [0.25, 0.3) is 11.4 Å². The summed E-state index contributed by atoms with van der Waals surface area (Å²) < 4.78 is 12.9.